The summed E-state index contributed by atoms with van der Waals surface area (Å²) < 4.78 is 12.9. The number of anilines is 1. The molecule has 0 aromatic heterocycles. The van der Waals surface area contributed by atoms with Crippen LogP contribution < -0.4 is 10.2 Å². The SMILES string of the molecule is C[NH+](CC(=O)Nc1ccc2c(c1)CCC2)Cc1ccc(F)cc1. The Morgan fingerprint density at radius 1 is 1.13 bits per heavy atom. The summed E-state index contributed by atoms with van der Waals surface area (Å²) >= 11 is 0. The van der Waals surface area contributed by atoms with E-state index in [-0.39, 0.29) is 11.7 Å². The van der Waals surface area contributed by atoms with E-state index in [2.05, 4.69) is 17.4 Å². The highest BCUT2D eigenvalue weighted by atomic mass is 19.1. The second-order valence-electron chi connectivity index (χ2n) is 6.32. The summed E-state index contributed by atoms with van der Waals surface area (Å²) in [6.45, 7) is 1.08. The monoisotopic (exact) mass is 313 g/mol. The first-order valence-corrected chi connectivity index (χ1v) is 8.07. The summed E-state index contributed by atoms with van der Waals surface area (Å²) in [7, 11) is 1.96. The predicted octanol–water partition coefficient (Wildman–Crippen LogP) is 1.97. The minimum absolute atomic E-state index is 0.00237. The lowest BCUT2D eigenvalue weighted by Crippen LogP contribution is -3.08. The van der Waals surface area contributed by atoms with Crippen LogP contribution >= 0.6 is 0 Å². The molecule has 1 unspecified atom stereocenters. The van der Waals surface area contributed by atoms with Gasteiger partial charge in [-0.25, -0.2) is 4.39 Å². The number of nitrogens with one attached hydrogen (secondary N) is 2. The quantitative estimate of drug-likeness (QED) is 0.869. The second kappa shape index (κ2) is 6.92. The third kappa shape index (κ3) is 4.17. The van der Waals surface area contributed by atoms with E-state index in [1.54, 1.807) is 12.1 Å². The Balaban J connectivity index is 1.53. The van der Waals surface area contributed by atoms with Crippen molar-refractivity contribution >= 4 is 11.6 Å². The zero-order valence-corrected chi connectivity index (χ0v) is 13.4. The molecular weight excluding hydrogens is 291 g/mol. The van der Waals surface area contributed by atoms with Gasteiger partial charge in [0, 0.05) is 11.3 Å². The van der Waals surface area contributed by atoms with E-state index in [0.29, 0.717) is 13.1 Å². The van der Waals surface area contributed by atoms with Crippen molar-refractivity contribution in [1.82, 2.24) is 0 Å². The molecule has 0 saturated heterocycles. The first kappa shape index (κ1) is 15.7. The van der Waals surface area contributed by atoms with Crippen LogP contribution in [0.3, 0.4) is 0 Å². The molecular formula is C19H22FN2O+. The predicted molar refractivity (Wildman–Crippen MR) is 89.0 cm³/mol. The standard InChI is InChI=1S/C19H21FN2O/c1-22(12-14-5-8-17(20)9-6-14)13-19(23)21-18-10-7-15-3-2-4-16(15)11-18/h5-11H,2-4,12-13H2,1H3,(H,21,23)/p+1. The summed E-state index contributed by atoms with van der Waals surface area (Å²) in [6, 6.07) is 12.6. The largest absolute Gasteiger partial charge is 0.326 e. The molecule has 0 bridgehead atoms. The van der Waals surface area contributed by atoms with E-state index in [1.807, 2.05) is 13.1 Å². The molecule has 3 nitrogen and oxygen atoms in total. The lowest BCUT2D eigenvalue weighted by Gasteiger charge is -2.14. The van der Waals surface area contributed by atoms with Crippen LogP contribution in [-0.4, -0.2) is 19.5 Å². The second-order valence-corrected chi connectivity index (χ2v) is 6.32. The number of likely N-dealkylation sites (N-methyl/N-ethyl adjacent to an activating group) is 1. The van der Waals surface area contributed by atoms with Gasteiger partial charge in [0.25, 0.3) is 5.91 Å². The van der Waals surface area contributed by atoms with Gasteiger partial charge in [-0.05, 0) is 54.7 Å². The Morgan fingerprint density at radius 3 is 2.65 bits per heavy atom. The number of fused-ring (bicyclic) bond motifs is 1. The molecule has 2 N–H and O–H groups in total. The maximum Gasteiger partial charge on any atom is 0.279 e. The highest BCUT2D eigenvalue weighted by Gasteiger charge is 2.14. The Bertz CT molecular complexity index is 697. The maximum atomic E-state index is 12.9. The fraction of sp³-hybridized carbons (Fsp3) is 0.316. The topological polar surface area (TPSA) is 33.5 Å². The van der Waals surface area contributed by atoms with Gasteiger partial charge in [-0.15, -0.1) is 0 Å². The van der Waals surface area contributed by atoms with E-state index in [1.165, 1.54) is 29.7 Å². The molecule has 0 spiro atoms. The molecule has 23 heavy (non-hydrogen) atoms. The average Bonchev–Trinajstić information content (AvgIpc) is 2.97. The van der Waals surface area contributed by atoms with Crippen molar-refractivity contribution < 1.29 is 14.1 Å². The van der Waals surface area contributed by atoms with Crippen LogP contribution in [0.5, 0.6) is 0 Å². The molecule has 0 radical (unpaired) electrons. The van der Waals surface area contributed by atoms with Gasteiger partial charge in [-0.1, -0.05) is 18.2 Å². The molecule has 1 aliphatic carbocycles. The number of amides is 1. The molecule has 1 atom stereocenters. The Labute approximate surface area is 136 Å². The zero-order valence-electron chi connectivity index (χ0n) is 13.4. The smallest absolute Gasteiger partial charge is 0.279 e. The fourth-order valence-electron chi connectivity index (χ4n) is 3.14. The Morgan fingerprint density at radius 2 is 1.87 bits per heavy atom. The van der Waals surface area contributed by atoms with Gasteiger partial charge in [0.05, 0.1) is 7.05 Å². The summed E-state index contributed by atoms with van der Waals surface area (Å²) in [6.07, 6.45) is 3.46. The van der Waals surface area contributed by atoms with Gasteiger partial charge in [0.15, 0.2) is 6.54 Å². The first-order valence-electron chi connectivity index (χ1n) is 8.07. The molecule has 1 amide bonds. The van der Waals surface area contributed by atoms with Crippen LogP contribution in [0.4, 0.5) is 10.1 Å². The number of aryl methyl sites for hydroxylation is 2. The minimum Gasteiger partial charge on any atom is -0.326 e. The normalized spacial score (nSPS) is 14.3. The fourth-order valence-corrected chi connectivity index (χ4v) is 3.14. The lowest BCUT2D eigenvalue weighted by atomic mass is 10.1. The van der Waals surface area contributed by atoms with E-state index < -0.39 is 0 Å². The molecule has 1 aliphatic rings. The molecule has 3 rings (SSSR count). The number of benzene rings is 2. The minimum atomic E-state index is -0.235. The van der Waals surface area contributed by atoms with Crippen molar-refractivity contribution in [2.45, 2.75) is 25.8 Å². The molecule has 2 aromatic carbocycles. The highest BCUT2D eigenvalue weighted by molar-refractivity contribution is 5.91. The van der Waals surface area contributed by atoms with Gasteiger partial charge >= 0.3 is 0 Å². The Hall–Kier alpha value is -2.20. The van der Waals surface area contributed by atoms with Crippen molar-refractivity contribution in [1.29, 1.82) is 0 Å². The van der Waals surface area contributed by atoms with Crippen LogP contribution in [0.15, 0.2) is 42.5 Å². The van der Waals surface area contributed by atoms with E-state index in [9.17, 15) is 9.18 Å². The molecule has 4 heteroatoms. The number of quaternary nitrogens is 1. The average molecular weight is 313 g/mol. The van der Waals surface area contributed by atoms with Crippen LogP contribution in [0.1, 0.15) is 23.1 Å². The molecule has 0 aliphatic heterocycles. The summed E-state index contributed by atoms with van der Waals surface area (Å²) in [5, 5.41) is 2.98. The number of carbonyl (C=O) groups excluding carboxylic acids is 1. The van der Waals surface area contributed by atoms with E-state index in [0.717, 1.165) is 29.0 Å². The van der Waals surface area contributed by atoms with Gasteiger partial charge in [-0.2, -0.15) is 0 Å². The zero-order chi connectivity index (χ0) is 16.2. The maximum absolute atomic E-state index is 12.9. The van der Waals surface area contributed by atoms with Gasteiger partial charge in [0.2, 0.25) is 0 Å². The molecule has 0 fully saturated rings. The van der Waals surface area contributed by atoms with Gasteiger partial charge in [0.1, 0.15) is 12.4 Å². The third-order valence-corrected chi connectivity index (χ3v) is 4.26. The number of halogens is 1. The van der Waals surface area contributed by atoms with Crippen molar-refractivity contribution in [2.75, 3.05) is 18.9 Å². The molecule has 2 aromatic rings. The number of hydrogen-bond donors (Lipinski definition) is 2. The highest BCUT2D eigenvalue weighted by Crippen LogP contribution is 2.24. The van der Waals surface area contributed by atoms with Crippen molar-refractivity contribution in [2.24, 2.45) is 0 Å². The van der Waals surface area contributed by atoms with E-state index >= 15 is 0 Å². The Kier molecular flexibility index (Phi) is 4.72. The molecule has 0 heterocycles. The number of carbonyl (C=O) groups is 1. The molecule has 120 valence electrons. The van der Waals surface area contributed by atoms with Gasteiger partial charge in [-0.3, -0.25) is 4.79 Å². The van der Waals surface area contributed by atoms with Gasteiger partial charge < -0.3 is 10.2 Å². The van der Waals surface area contributed by atoms with Crippen LogP contribution in [0.2, 0.25) is 0 Å². The van der Waals surface area contributed by atoms with Crippen LogP contribution in [-0.2, 0) is 24.2 Å². The summed E-state index contributed by atoms with van der Waals surface area (Å²) in [5.74, 6) is -0.233. The summed E-state index contributed by atoms with van der Waals surface area (Å²) in [5.41, 5.74) is 4.66. The number of hydrogen-bond acceptors (Lipinski definition) is 1. The number of rotatable bonds is 5. The van der Waals surface area contributed by atoms with Crippen molar-refractivity contribution in [3.63, 3.8) is 0 Å². The van der Waals surface area contributed by atoms with Crippen molar-refractivity contribution in [3.05, 3.63) is 65.0 Å². The van der Waals surface area contributed by atoms with Crippen LogP contribution in [0, 0.1) is 5.82 Å². The van der Waals surface area contributed by atoms with Crippen molar-refractivity contribution in [3.8, 4) is 0 Å². The third-order valence-electron chi connectivity index (χ3n) is 4.26. The lowest BCUT2D eigenvalue weighted by molar-refractivity contribution is -0.885. The van der Waals surface area contributed by atoms with E-state index in [4.69, 9.17) is 0 Å². The summed E-state index contributed by atoms with van der Waals surface area (Å²) in [4.78, 5) is 13.2. The van der Waals surface area contributed by atoms with Crippen LogP contribution in [0.25, 0.3) is 0 Å². The first-order chi connectivity index (χ1) is 11.1. The molecule has 0 saturated carbocycles.